The van der Waals surface area contributed by atoms with Crippen LogP contribution in [0, 0.1) is 28.7 Å². The molecular formula is C12H5N2. The lowest BCUT2D eigenvalue weighted by Gasteiger charge is -1.97. The van der Waals surface area contributed by atoms with E-state index in [9.17, 15) is 0 Å². The molecule has 2 rings (SSSR count). The number of hydrogen-bond acceptors (Lipinski definition) is 2. The minimum absolute atomic E-state index is 0.516. The quantitative estimate of drug-likeness (QED) is 0.620. The van der Waals surface area contributed by atoms with E-state index >= 15 is 0 Å². The van der Waals surface area contributed by atoms with Gasteiger partial charge in [-0.25, -0.2) is 0 Å². The molecule has 0 fully saturated rings. The number of nitrogens with zero attached hydrogens (tertiary/aromatic N) is 2. The fraction of sp³-hybridized carbons (Fsp3) is 0. The Bertz CT molecular complexity index is 518. The van der Waals surface area contributed by atoms with Crippen LogP contribution in [0.15, 0.2) is 30.3 Å². The molecular weight excluding hydrogens is 172 g/mol. The summed E-state index contributed by atoms with van der Waals surface area (Å²) in [5.74, 6) is 0. The van der Waals surface area contributed by atoms with E-state index in [2.05, 4.69) is 12.1 Å². The van der Waals surface area contributed by atoms with Crippen molar-refractivity contribution in [3.63, 3.8) is 0 Å². The van der Waals surface area contributed by atoms with Crippen molar-refractivity contribution in [2.75, 3.05) is 0 Å². The van der Waals surface area contributed by atoms with Crippen molar-refractivity contribution < 1.29 is 0 Å². The summed E-state index contributed by atoms with van der Waals surface area (Å²) in [6, 6.07) is 15.9. The van der Waals surface area contributed by atoms with E-state index in [1.165, 1.54) is 0 Å². The first-order chi connectivity index (χ1) is 6.83. The summed E-state index contributed by atoms with van der Waals surface area (Å²) in [7, 11) is 0. The Morgan fingerprint density at radius 2 is 1.86 bits per heavy atom. The molecule has 14 heavy (non-hydrogen) atoms. The zero-order chi connectivity index (χ0) is 9.97. The number of nitriles is 2. The molecule has 2 heteroatoms. The SMILES string of the molecule is N#Cc1[c]c2ccc(C#N)cc2cc1. The number of fused-ring (bicyclic) bond motifs is 1. The van der Waals surface area contributed by atoms with Gasteiger partial charge in [0.1, 0.15) is 0 Å². The summed E-state index contributed by atoms with van der Waals surface area (Å²) in [6.07, 6.45) is 0. The molecule has 0 N–H and O–H groups in total. The third-order valence-corrected chi connectivity index (χ3v) is 2.00. The maximum atomic E-state index is 8.69. The van der Waals surface area contributed by atoms with E-state index in [0.717, 1.165) is 10.8 Å². The van der Waals surface area contributed by atoms with Crippen LogP contribution in [0.2, 0.25) is 0 Å². The van der Waals surface area contributed by atoms with E-state index in [1.54, 1.807) is 24.3 Å². The van der Waals surface area contributed by atoms with E-state index < -0.39 is 0 Å². The first-order valence-corrected chi connectivity index (χ1v) is 4.10. The van der Waals surface area contributed by atoms with Crippen molar-refractivity contribution in [3.8, 4) is 12.1 Å². The third-order valence-electron chi connectivity index (χ3n) is 2.00. The maximum Gasteiger partial charge on any atom is 0.0998 e. The van der Waals surface area contributed by atoms with E-state index in [1.807, 2.05) is 12.1 Å². The predicted octanol–water partition coefficient (Wildman–Crippen LogP) is 2.38. The van der Waals surface area contributed by atoms with Crippen LogP contribution in [-0.2, 0) is 0 Å². The van der Waals surface area contributed by atoms with Crippen molar-refractivity contribution in [2.24, 2.45) is 0 Å². The normalized spacial score (nSPS) is 9.29. The van der Waals surface area contributed by atoms with Gasteiger partial charge >= 0.3 is 0 Å². The molecule has 0 unspecified atom stereocenters. The highest BCUT2D eigenvalue weighted by Crippen LogP contribution is 2.16. The molecule has 2 aromatic rings. The molecule has 0 saturated carbocycles. The summed E-state index contributed by atoms with van der Waals surface area (Å²) in [6.45, 7) is 0. The highest BCUT2D eigenvalue weighted by Gasteiger charge is 1.97. The Morgan fingerprint density at radius 3 is 2.57 bits per heavy atom. The van der Waals surface area contributed by atoms with Crippen LogP contribution in [0.3, 0.4) is 0 Å². The molecule has 1 radical (unpaired) electrons. The van der Waals surface area contributed by atoms with Crippen LogP contribution in [0.5, 0.6) is 0 Å². The zero-order valence-electron chi connectivity index (χ0n) is 7.28. The fourth-order valence-electron chi connectivity index (χ4n) is 1.31. The lowest BCUT2D eigenvalue weighted by Crippen LogP contribution is -1.79. The van der Waals surface area contributed by atoms with Crippen molar-refractivity contribution in [3.05, 3.63) is 47.5 Å². The molecule has 0 spiro atoms. The van der Waals surface area contributed by atoms with E-state index in [0.29, 0.717) is 11.1 Å². The first kappa shape index (κ1) is 8.29. The molecule has 0 aliphatic rings. The summed E-state index contributed by atoms with van der Waals surface area (Å²) >= 11 is 0. The smallest absolute Gasteiger partial charge is 0.0998 e. The molecule has 2 nitrogen and oxygen atoms in total. The van der Waals surface area contributed by atoms with Gasteiger partial charge in [0.25, 0.3) is 0 Å². The number of hydrogen-bond donors (Lipinski definition) is 0. The molecule has 2 aromatic carbocycles. The highest BCUT2D eigenvalue weighted by atomic mass is 14.2. The fourth-order valence-corrected chi connectivity index (χ4v) is 1.31. The van der Waals surface area contributed by atoms with Gasteiger partial charge in [0.2, 0.25) is 0 Å². The summed E-state index contributed by atoms with van der Waals surface area (Å²) < 4.78 is 0. The molecule has 0 bridgehead atoms. The first-order valence-electron chi connectivity index (χ1n) is 4.10. The third kappa shape index (κ3) is 1.30. The van der Waals surface area contributed by atoms with Gasteiger partial charge in [-0.3, -0.25) is 0 Å². The van der Waals surface area contributed by atoms with Crippen molar-refractivity contribution in [2.45, 2.75) is 0 Å². The van der Waals surface area contributed by atoms with Crippen LogP contribution in [0.4, 0.5) is 0 Å². The average molecular weight is 177 g/mol. The summed E-state index contributed by atoms with van der Waals surface area (Å²) in [5, 5.41) is 19.1. The molecule has 0 aromatic heterocycles. The van der Waals surface area contributed by atoms with Gasteiger partial charge in [-0.1, -0.05) is 12.1 Å². The average Bonchev–Trinajstić information content (AvgIpc) is 2.27. The molecule has 0 amide bonds. The number of rotatable bonds is 0. The topological polar surface area (TPSA) is 47.6 Å². The zero-order valence-corrected chi connectivity index (χ0v) is 7.28. The van der Waals surface area contributed by atoms with Crippen LogP contribution < -0.4 is 0 Å². The Labute approximate surface area is 81.6 Å². The van der Waals surface area contributed by atoms with Crippen molar-refractivity contribution in [1.29, 1.82) is 10.5 Å². The lowest BCUT2D eigenvalue weighted by atomic mass is 10.1. The Kier molecular flexibility index (Phi) is 1.89. The van der Waals surface area contributed by atoms with Gasteiger partial charge in [-0.15, -0.1) is 0 Å². The molecule has 0 atom stereocenters. The van der Waals surface area contributed by atoms with E-state index in [4.69, 9.17) is 10.5 Å². The largest absolute Gasteiger partial charge is 0.192 e. The van der Waals surface area contributed by atoms with Gasteiger partial charge in [0.15, 0.2) is 0 Å². The molecule has 63 valence electrons. The minimum Gasteiger partial charge on any atom is -0.192 e. The molecule has 0 aliphatic heterocycles. The van der Waals surface area contributed by atoms with Gasteiger partial charge < -0.3 is 0 Å². The minimum atomic E-state index is 0.516. The van der Waals surface area contributed by atoms with Crippen LogP contribution in [-0.4, -0.2) is 0 Å². The van der Waals surface area contributed by atoms with Gasteiger partial charge in [0, 0.05) is 6.07 Å². The monoisotopic (exact) mass is 177 g/mol. The second kappa shape index (κ2) is 3.20. The van der Waals surface area contributed by atoms with Gasteiger partial charge in [-0.2, -0.15) is 10.5 Å². The van der Waals surface area contributed by atoms with Crippen LogP contribution >= 0.6 is 0 Å². The van der Waals surface area contributed by atoms with Gasteiger partial charge in [-0.05, 0) is 29.0 Å². The Balaban J connectivity index is 2.72. The van der Waals surface area contributed by atoms with Crippen LogP contribution in [0.25, 0.3) is 10.8 Å². The standard InChI is InChI=1S/C12H5N2/c13-7-9-1-3-11-6-10(8-14)2-4-12(11)5-9/h1-5H. The van der Waals surface area contributed by atoms with Crippen molar-refractivity contribution >= 4 is 10.8 Å². The highest BCUT2D eigenvalue weighted by molar-refractivity contribution is 5.84. The Hall–Kier alpha value is -2.32. The predicted molar refractivity (Wildman–Crippen MR) is 52.2 cm³/mol. The van der Waals surface area contributed by atoms with Gasteiger partial charge in [0.05, 0.1) is 23.3 Å². The lowest BCUT2D eigenvalue weighted by molar-refractivity contribution is 1.48. The molecule has 0 aliphatic carbocycles. The summed E-state index contributed by atoms with van der Waals surface area (Å²) in [5.41, 5.74) is 1.14. The number of benzene rings is 2. The van der Waals surface area contributed by atoms with Crippen molar-refractivity contribution in [1.82, 2.24) is 0 Å². The summed E-state index contributed by atoms with van der Waals surface area (Å²) in [4.78, 5) is 0. The second-order valence-corrected chi connectivity index (χ2v) is 2.90. The molecule has 0 saturated heterocycles. The van der Waals surface area contributed by atoms with E-state index in [-0.39, 0.29) is 0 Å². The van der Waals surface area contributed by atoms with Crippen LogP contribution in [0.1, 0.15) is 11.1 Å². The molecule has 0 heterocycles. The second-order valence-electron chi connectivity index (χ2n) is 2.90. The Morgan fingerprint density at radius 1 is 1.00 bits per heavy atom. The maximum absolute atomic E-state index is 8.69.